The number of thiophene rings is 1. The summed E-state index contributed by atoms with van der Waals surface area (Å²) in [5.74, 6) is 5.10. The smallest absolute Gasteiger partial charge is 0.267 e. The molecule has 0 aliphatic heterocycles. The third-order valence-electron chi connectivity index (χ3n) is 1.77. The van der Waals surface area contributed by atoms with Crippen molar-refractivity contribution in [2.75, 3.05) is 11.9 Å². The van der Waals surface area contributed by atoms with Crippen LogP contribution in [0.25, 0.3) is 0 Å². The van der Waals surface area contributed by atoms with Gasteiger partial charge in [0.1, 0.15) is 6.61 Å². The molecule has 86 valence electrons. The average Bonchev–Trinajstić information content (AvgIpc) is 2.96. The van der Waals surface area contributed by atoms with Crippen molar-refractivity contribution in [3.05, 3.63) is 33.5 Å². The number of anilines is 1. The van der Waals surface area contributed by atoms with E-state index in [0.717, 1.165) is 4.88 Å². The first-order valence-electron chi connectivity index (χ1n) is 4.70. The van der Waals surface area contributed by atoms with Crippen molar-refractivity contribution in [3.63, 3.8) is 0 Å². The summed E-state index contributed by atoms with van der Waals surface area (Å²) in [6.07, 6.45) is 1.63. The molecule has 6 heteroatoms. The standard InChI is InChI=1S/C11H8N2O2S2/c14-6-1-2-8-3-4-9(17-8)10(15)13-11-12-5-7-16-11/h3-5,7,14H,6H2,(H,12,13,15). The molecule has 0 bridgehead atoms. The lowest BCUT2D eigenvalue weighted by Crippen LogP contribution is -2.09. The van der Waals surface area contributed by atoms with Crippen LogP contribution in [-0.4, -0.2) is 22.6 Å². The second-order valence-electron chi connectivity index (χ2n) is 2.92. The van der Waals surface area contributed by atoms with Gasteiger partial charge >= 0.3 is 0 Å². The highest BCUT2D eigenvalue weighted by Crippen LogP contribution is 2.18. The Bertz CT molecular complexity index is 564. The molecular weight excluding hydrogens is 256 g/mol. The Morgan fingerprint density at radius 2 is 2.41 bits per heavy atom. The summed E-state index contributed by atoms with van der Waals surface area (Å²) in [7, 11) is 0. The number of hydrogen-bond donors (Lipinski definition) is 2. The van der Waals surface area contributed by atoms with E-state index in [1.165, 1.54) is 22.7 Å². The third kappa shape index (κ3) is 3.14. The Morgan fingerprint density at radius 3 is 3.12 bits per heavy atom. The number of rotatable bonds is 2. The van der Waals surface area contributed by atoms with E-state index in [0.29, 0.717) is 10.0 Å². The number of hydrogen-bond acceptors (Lipinski definition) is 5. The SMILES string of the molecule is O=C(Nc1nccs1)c1ccc(C#CCO)s1. The molecule has 1 amide bonds. The predicted octanol–water partition coefficient (Wildman–Crippen LogP) is 1.80. The molecule has 0 aromatic carbocycles. The molecule has 2 aromatic heterocycles. The topological polar surface area (TPSA) is 62.2 Å². The third-order valence-corrected chi connectivity index (χ3v) is 3.46. The zero-order chi connectivity index (χ0) is 12.1. The maximum atomic E-state index is 11.8. The van der Waals surface area contributed by atoms with Gasteiger partial charge in [-0.05, 0) is 12.1 Å². The lowest BCUT2D eigenvalue weighted by Gasteiger charge is -1.96. The summed E-state index contributed by atoms with van der Waals surface area (Å²) >= 11 is 2.65. The van der Waals surface area contributed by atoms with Crippen LogP contribution in [0.5, 0.6) is 0 Å². The van der Waals surface area contributed by atoms with Crippen LogP contribution in [0.1, 0.15) is 14.5 Å². The number of nitrogens with zero attached hydrogens (tertiary/aromatic N) is 1. The summed E-state index contributed by atoms with van der Waals surface area (Å²) in [5.41, 5.74) is 0. The van der Waals surface area contributed by atoms with Gasteiger partial charge in [0, 0.05) is 11.6 Å². The van der Waals surface area contributed by atoms with Crippen molar-refractivity contribution in [1.82, 2.24) is 4.98 Å². The fourth-order valence-electron chi connectivity index (χ4n) is 1.10. The zero-order valence-electron chi connectivity index (χ0n) is 8.64. The molecule has 2 rings (SSSR count). The van der Waals surface area contributed by atoms with Crippen molar-refractivity contribution >= 4 is 33.7 Å². The van der Waals surface area contributed by atoms with Gasteiger partial charge in [-0.3, -0.25) is 10.1 Å². The molecule has 0 fully saturated rings. The number of carbonyl (C=O) groups is 1. The van der Waals surface area contributed by atoms with E-state index < -0.39 is 0 Å². The summed E-state index contributed by atoms with van der Waals surface area (Å²) in [6.45, 7) is -0.182. The molecule has 17 heavy (non-hydrogen) atoms. The number of thiazole rings is 1. The van der Waals surface area contributed by atoms with Crippen LogP contribution in [0.2, 0.25) is 0 Å². The van der Waals surface area contributed by atoms with Crippen molar-refractivity contribution in [1.29, 1.82) is 0 Å². The van der Waals surface area contributed by atoms with Gasteiger partial charge in [0.2, 0.25) is 0 Å². The van der Waals surface area contributed by atoms with Crippen molar-refractivity contribution in [3.8, 4) is 11.8 Å². The van der Waals surface area contributed by atoms with Crippen molar-refractivity contribution in [2.45, 2.75) is 0 Å². The van der Waals surface area contributed by atoms with Gasteiger partial charge in [0.25, 0.3) is 5.91 Å². The van der Waals surface area contributed by atoms with Gasteiger partial charge in [-0.2, -0.15) is 0 Å². The van der Waals surface area contributed by atoms with Crippen molar-refractivity contribution in [2.24, 2.45) is 0 Å². The fourth-order valence-corrected chi connectivity index (χ4v) is 2.40. The molecule has 0 atom stereocenters. The molecule has 4 nitrogen and oxygen atoms in total. The fraction of sp³-hybridized carbons (Fsp3) is 0.0909. The van der Waals surface area contributed by atoms with Gasteiger partial charge in [-0.1, -0.05) is 11.8 Å². The van der Waals surface area contributed by atoms with Gasteiger partial charge in [0.05, 0.1) is 9.75 Å². The minimum Gasteiger partial charge on any atom is -0.384 e. The number of aliphatic hydroxyl groups excluding tert-OH is 1. The summed E-state index contributed by atoms with van der Waals surface area (Å²) < 4.78 is 0. The Morgan fingerprint density at radius 1 is 1.53 bits per heavy atom. The Kier molecular flexibility index (Phi) is 3.88. The van der Waals surface area contributed by atoms with Crippen LogP contribution in [0.3, 0.4) is 0 Å². The minimum absolute atomic E-state index is 0.182. The molecule has 0 saturated heterocycles. The highest BCUT2D eigenvalue weighted by Gasteiger charge is 2.09. The van der Waals surface area contributed by atoms with E-state index in [2.05, 4.69) is 22.1 Å². The minimum atomic E-state index is -0.193. The van der Waals surface area contributed by atoms with Crippen LogP contribution < -0.4 is 5.32 Å². The Hall–Kier alpha value is -1.68. The van der Waals surface area contributed by atoms with Crippen LogP contribution in [0.4, 0.5) is 5.13 Å². The molecule has 0 spiro atoms. The van der Waals surface area contributed by atoms with Gasteiger partial charge in [-0.25, -0.2) is 4.98 Å². The molecule has 0 aliphatic carbocycles. The summed E-state index contributed by atoms with van der Waals surface area (Å²) in [5, 5.41) is 13.6. The predicted molar refractivity (Wildman–Crippen MR) is 68.4 cm³/mol. The molecule has 0 unspecified atom stereocenters. The van der Waals surface area contributed by atoms with Crippen LogP contribution in [0.15, 0.2) is 23.7 Å². The zero-order valence-corrected chi connectivity index (χ0v) is 10.3. The van der Waals surface area contributed by atoms with Crippen LogP contribution in [-0.2, 0) is 0 Å². The lowest BCUT2D eigenvalue weighted by molar-refractivity contribution is 0.103. The second kappa shape index (κ2) is 5.59. The van der Waals surface area contributed by atoms with Crippen LogP contribution >= 0.6 is 22.7 Å². The number of aromatic nitrogens is 1. The first-order valence-corrected chi connectivity index (χ1v) is 6.39. The maximum Gasteiger partial charge on any atom is 0.267 e. The van der Waals surface area contributed by atoms with Crippen LogP contribution in [0, 0.1) is 11.8 Å². The van der Waals surface area contributed by atoms with Crippen molar-refractivity contribution < 1.29 is 9.90 Å². The number of amides is 1. The number of carbonyl (C=O) groups excluding carboxylic acids is 1. The number of aliphatic hydroxyl groups is 1. The Labute approximate surface area is 106 Å². The van der Waals surface area contributed by atoms with Gasteiger partial charge in [-0.15, -0.1) is 22.7 Å². The molecule has 0 saturated carbocycles. The molecule has 2 heterocycles. The average molecular weight is 264 g/mol. The summed E-state index contributed by atoms with van der Waals surface area (Å²) in [6, 6.07) is 3.46. The highest BCUT2D eigenvalue weighted by atomic mass is 32.1. The van der Waals surface area contributed by atoms with E-state index in [4.69, 9.17) is 5.11 Å². The summed E-state index contributed by atoms with van der Waals surface area (Å²) in [4.78, 5) is 17.1. The quantitative estimate of drug-likeness (QED) is 0.813. The normalized spacial score (nSPS) is 9.47. The van der Waals surface area contributed by atoms with E-state index in [9.17, 15) is 4.79 Å². The molecular formula is C11H8N2O2S2. The monoisotopic (exact) mass is 264 g/mol. The van der Waals surface area contributed by atoms with E-state index in [1.54, 1.807) is 23.7 Å². The van der Waals surface area contributed by atoms with E-state index in [1.807, 2.05) is 0 Å². The largest absolute Gasteiger partial charge is 0.384 e. The van der Waals surface area contributed by atoms with Gasteiger partial charge in [0.15, 0.2) is 5.13 Å². The first-order chi connectivity index (χ1) is 8.29. The van der Waals surface area contributed by atoms with E-state index in [-0.39, 0.29) is 12.5 Å². The molecule has 0 aliphatic rings. The second-order valence-corrected chi connectivity index (χ2v) is 4.89. The molecule has 0 radical (unpaired) electrons. The first kappa shape index (κ1) is 11.8. The lowest BCUT2D eigenvalue weighted by atomic mass is 10.4. The number of nitrogens with one attached hydrogen (secondary N) is 1. The van der Waals surface area contributed by atoms with E-state index >= 15 is 0 Å². The highest BCUT2D eigenvalue weighted by molar-refractivity contribution is 7.15. The molecule has 2 N–H and O–H groups in total. The van der Waals surface area contributed by atoms with Gasteiger partial charge < -0.3 is 5.11 Å². The maximum absolute atomic E-state index is 11.8. The molecule has 2 aromatic rings. The Balaban J connectivity index is 2.07.